The van der Waals surface area contributed by atoms with Gasteiger partial charge in [-0.1, -0.05) is 56.8 Å². The highest BCUT2D eigenvalue weighted by molar-refractivity contribution is 6.78. The van der Waals surface area contributed by atoms with Gasteiger partial charge in [-0.2, -0.15) is 0 Å². The Bertz CT molecular complexity index is 696. The number of rotatable bonds is 3. The van der Waals surface area contributed by atoms with Crippen LogP contribution in [0.25, 0.3) is 12.2 Å². The monoisotopic (exact) mass is 310 g/mol. The summed E-state index contributed by atoms with van der Waals surface area (Å²) in [5.74, 6) is 0. The van der Waals surface area contributed by atoms with Crippen molar-refractivity contribution in [2.24, 2.45) is 0 Å². The molecule has 2 aliphatic carbocycles. The minimum atomic E-state index is -1.26. The number of benzene rings is 1. The van der Waals surface area contributed by atoms with Gasteiger partial charge in [0.1, 0.15) is 0 Å². The van der Waals surface area contributed by atoms with E-state index in [0.717, 1.165) is 5.54 Å². The predicted molar refractivity (Wildman–Crippen MR) is 102 cm³/mol. The van der Waals surface area contributed by atoms with E-state index < -0.39 is 8.07 Å². The summed E-state index contributed by atoms with van der Waals surface area (Å²) >= 11 is 0. The van der Waals surface area contributed by atoms with Crippen molar-refractivity contribution in [1.82, 2.24) is 0 Å². The molecule has 0 amide bonds. The molecule has 0 aliphatic heterocycles. The molecule has 118 valence electrons. The molecule has 0 saturated heterocycles. The van der Waals surface area contributed by atoms with Crippen LogP contribution in [0.4, 0.5) is 0 Å². The van der Waals surface area contributed by atoms with E-state index in [9.17, 15) is 0 Å². The maximum absolute atomic E-state index is 2.54. The van der Waals surface area contributed by atoms with E-state index >= 15 is 0 Å². The molecule has 0 aromatic heterocycles. The lowest BCUT2D eigenvalue weighted by atomic mass is 9.89. The Kier molecular flexibility index (Phi) is 3.76. The fraction of sp³-hybridized carbons (Fsp3) is 0.524. The highest BCUT2D eigenvalue weighted by atomic mass is 28.3. The van der Waals surface area contributed by atoms with E-state index in [1.807, 2.05) is 0 Å². The van der Waals surface area contributed by atoms with Gasteiger partial charge in [-0.3, -0.25) is 0 Å². The van der Waals surface area contributed by atoms with Crippen LogP contribution in [-0.4, -0.2) is 8.07 Å². The Morgan fingerprint density at radius 1 is 0.955 bits per heavy atom. The third-order valence-electron chi connectivity index (χ3n) is 5.75. The molecular formula is C21H30Si. The molecule has 1 aromatic carbocycles. The Balaban J connectivity index is 2.26. The van der Waals surface area contributed by atoms with Gasteiger partial charge in [0, 0.05) is 5.54 Å². The SMILES string of the molecule is CCC1=Cc2c(C)c3c(c(C)c2C1)C([Si](C)(C)C)C(CC)=C3. The van der Waals surface area contributed by atoms with Crippen LogP contribution in [0.5, 0.6) is 0 Å². The largest absolute Gasteiger partial charge is 0.0688 e. The first-order valence-corrected chi connectivity index (χ1v) is 12.4. The normalized spacial score (nSPS) is 19.9. The summed E-state index contributed by atoms with van der Waals surface area (Å²) in [4.78, 5) is 0. The zero-order valence-corrected chi connectivity index (χ0v) is 16.4. The van der Waals surface area contributed by atoms with Crippen LogP contribution in [-0.2, 0) is 6.42 Å². The van der Waals surface area contributed by atoms with E-state index in [0.29, 0.717) is 0 Å². The van der Waals surface area contributed by atoms with Gasteiger partial charge in [0.15, 0.2) is 0 Å². The predicted octanol–water partition coefficient (Wildman–Crippen LogP) is 6.42. The minimum absolute atomic E-state index is 0.724. The van der Waals surface area contributed by atoms with Gasteiger partial charge in [0.05, 0.1) is 8.07 Å². The molecular weight excluding hydrogens is 280 g/mol. The molecule has 0 saturated carbocycles. The summed E-state index contributed by atoms with van der Waals surface area (Å²) in [7, 11) is -1.26. The van der Waals surface area contributed by atoms with Crippen molar-refractivity contribution < 1.29 is 0 Å². The maximum Gasteiger partial charge on any atom is 0.0569 e. The highest BCUT2D eigenvalue weighted by Crippen LogP contribution is 2.49. The lowest BCUT2D eigenvalue weighted by Gasteiger charge is -2.31. The van der Waals surface area contributed by atoms with E-state index in [2.05, 4.69) is 59.5 Å². The fourth-order valence-electron chi connectivity index (χ4n) is 4.58. The zero-order valence-electron chi connectivity index (χ0n) is 15.4. The number of hydrogen-bond donors (Lipinski definition) is 0. The van der Waals surface area contributed by atoms with Gasteiger partial charge in [0.2, 0.25) is 0 Å². The van der Waals surface area contributed by atoms with Crippen molar-refractivity contribution in [2.45, 2.75) is 72.1 Å². The van der Waals surface area contributed by atoms with Crippen molar-refractivity contribution >= 4 is 20.2 Å². The topological polar surface area (TPSA) is 0 Å². The van der Waals surface area contributed by atoms with Crippen LogP contribution in [0.3, 0.4) is 0 Å². The first-order valence-electron chi connectivity index (χ1n) is 8.85. The maximum atomic E-state index is 2.54. The first kappa shape index (κ1) is 15.8. The summed E-state index contributed by atoms with van der Waals surface area (Å²) in [5.41, 5.74) is 13.6. The van der Waals surface area contributed by atoms with Crippen LogP contribution in [0.1, 0.15) is 65.6 Å². The van der Waals surface area contributed by atoms with Crippen LogP contribution >= 0.6 is 0 Å². The standard InChI is InChI=1S/C21H30Si/c1-8-15-10-17-13(3)19-12-16(9-2)21(22(5,6)7)20(19)14(4)18(17)11-15/h10,12,21H,8-9,11H2,1-7H3. The van der Waals surface area contributed by atoms with Crippen molar-refractivity contribution in [3.8, 4) is 0 Å². The van der Waals surface area contributed by atoms with Gasteiger partial charge in [-0.05, 0) is 66.5 Å². The Morgan fingerprint density at radius 2 is 1.64 bits per heavy atom. The fourth-order valence-corrected chi connectivity index (χ4v) is 7.22. The molecule has 0 radical (unpaired) electrons. The summed E-state index contributed by atoms with van der Waals surface area (Å²) in [6, 6.07) is 0. The molecule has 2 aliphatic rings. The molecule has 1 unspecified atom stereocenters. The van der Waals surface area contributed by atoms with Crippen molar-refractivity contribution in [1.29, 1.82) is 0 Å². The third kappa shape index (κ3) is 2.17. The minimum Gasteiger partial charge on any atom is -0.0688 e. The third-order valence-corrected chi connectivity index (χ3v) is 8.14. The molecule has 1 heteroatoms. The average molecular weight is 311 g/mol. The second-order valence-corrected chi connectivity index (χ2v) is 13.5. The molecule has 3 rings (SSSR count). The first-order chi connectivity index (χ1) is 10.3. The van der Waals surface area contributed by atoms with Crippen LogP contribution < -0.4 is 0 Å². The molecule has 1 atom stereocenters. The molecule has 0 bridgehead atoms. The molecule has 1 aromatic rings. The van der Waals surface area contributed by atoms with Gasteiger partial charge in [-0.15, -0.1) is 0 Å². The second kappa shape index (κ2) is 5.23. The van der Waals surface area contributed by atoms with E-state index in [4.69, 9.17) is 0 Å². The number of hydrogen-bond acceptors (Lipinski definition) is 0. The molecule has 0 heterocycles. The quantitative estimate of drug-likeness (QED) is 0.565. The summed E-state index contributed by atoms with van der Waals surface area (Å²) < 4.78 is 0. The average Bonchev–Trinajstić information content (AvgIpc) is 3.05. The van der Waals surface area contributed by atoms with Gasteiger partial charge >= 0.3 is 0 Å². The Morgan fingerprint density at radius 3 is 2.18 bits per heavy atom. The van der Waals surface area contributed by atoms with E-state index in [1.165, 1.54) is 30.4 Å². The molecule has 0 fully saturated rings. The Hall–Kier alpha value is -1.08. The summed E-state index contributed by atoms with van der Waals surface area (Å²) in [5, 5.41) is 0. The van der Waals surface area contributed by atoms with Crippen molar-refractivity contribution in [2.75, 3.05) is 0 Å². The van der Waals surface area contributed by atoms with Gasteiger partial charge in [-0.25, -0.2) is 0 Å². The second-order valence-electron chi connectivity index (χ2n) is 8.17. The van der Waals surface area contributed by atoms with Crippen LogP contribution in [0.15, 0.2) is 11.1 Å². The van der Waals surface area contributed by atoms with Crippen molar-refractivity contribution in [3.63, 3.8) is 0 Å². The van der Waals surface area contributed by atoms with Gasteiger partial charge in [0.25, 0.3) is 0 Å². The summed E-state index contributed by atoms with van der Waals surface area (Å²) in [6.45, 7) is 17.0. The molecule has 0 spiro atoms. The summed E-state index contributed by atoms with van der Waals surface area (Å²) in [6.07, 6.45) is 8.58. The Labute approximate surface area is 137 Å². The molecule has 0 nitrogen and oxygen atoms in total. The zero-order chi connectivity index (χ0) is 16.2. The van der Waals surface area contributed by atoms with E-state index in [1.54, 1.807) is 33.4 Å². The number of allylic oxidation sites excluding steroid dienone is 2. The lowest BCUT2D eigenvalue weighted by molar-refractivity contribution is 0.952. The lowest BCUT2D eigenvalue weighted by Crippen LogP contribution is -2.32. The van der Waals surface area contributed by atoms with Crippen LogP contribution in [0.2, 0.25) is 19.6 Å². The molecule has 22 heavy (non-hydrogen) atoms. The van der Waals surface area contributed by atoms with Gasteiger partial charge < -0.3 is 0 Å². The van der Waals surface area contributed by atoms with Crippen molar-refractivity contribution in [3.05, 3.63) is 44.5 Å². The molecule has 0 N–H and O–H groups in total. The smallest absolute Gasteiger partial charge is 0.0569 e. The highest BCUT2D eigenvalue weighted by Gasteiger charge is 2.38. The number of fused-ring (bicyclic) bond motifs is 2. The van der Waals surface area contributed by atoms with E-state index in [-0.39, 0.29) is 0 Å². The van der Waals surface area contributed by atoms with Crippen LogP contribution in [0, 0.1) is 13.8 Å².